The maximum absolute atomic E-state index is 14.0. The van der Waals surface area contributed by atoms with Crippen molar-refractivity contribution in [3.05, 3.63) is 136 Å². The summed E-state index contributed by atoms with van der Waals surface area (Å²) >= 11 is -8.75. The van der Waals surface area contributed by atoms with Crippen molar-refractivity contribution in [2.24, 2.45) is 0 Å². The average molecular weight is 751 g/mol. The van der Waals surface area contributed by atoms with Crippen LogP contribution in [0.25, 0.3) is 0 Å². The molecule has 0 aliphatic heterocycles. The van der Waals surface area contributed by atoms with E-state index in [4.69, 9.17) is 1.34 Å². The van der Waals surface area contributed by atoms with Gasteiger partial charge in [-0.3, -0.25) is 0 Å². The van der Waals surface area contributed by atoms with Crippen LogP contribution < -0.4 is 0 Å². The second-order valence-electron chi connectivity index (χ2n) is 5.96. The number of hydrogen-bond acceptors (Lipinski definition) is 3. The molecule has 4 aromatic rings. The van der Waals surface area contributed by atoms with Gasteiger partial charge < -0.3 is 0 Å². The van der Waals surface area contributed by atoms with Gasteiger partial charge >= 0.3 is 207 Å². The van der Waals surface area contributed by atoms with E-state index < -0.39 is 61.2 Å². The van der Waals surface area contributed by atoms with Crippen LogP contribution >= 0.6 is 40.6 Å². The van der Waals surface area contributed by atoms with Gasteiger partial charge in [0, 0.05) is 0 Å². The monoisotopic (exact) mass is 750 g/mol. The van der Waals surface area contributed by atoms with Gasteiger partial charge in [0.2, 0.25) is 0 Å². The van der Waals surface area contributed by atoms with E-state index >= 15 is 0 Å². The molecule has 0 amide bonds. The van der Waals surface area contributed by atoms with Gasteiger partial charge in [-0.2, -0.15) is 0 Å². The molecule has 0 aromatic heterocycles. The third-order valence-electron chi connectivity index (χ3n) is 3.84. The molecule has 0 unspecified atom stereocenters. The quantitative estimate of drug-likeness (QED) is 0.156. The molecule has 7 heteroatoms. The Hall–Kier alpha value is -1.35. The molecule has 0 radical (unpaired) electrons. The van der Waals surface area contributed by atoms with Gasteiger partial charge in [0.25, 0.3) is 0 Å². The normalized spacial score (nSPS) is 11.0. The summed E-state index contributed by atoms with van der Waals surface area (Å²) in [4.78, 5) is 0. The fourth-order valence-electron chi connectivity index (χ4n) is 2.50. The molecule has 0 saturated carbocycles. The van der Waals surface area contributed by atoms with Crippen molar-refractivity contribution in [2.45, 2.75) is 0 Å². The van der Waals surface area contributed by atoms with Crippen LogP contribution in [0.1, 0.15) is 0 Å². The zero-order chi connectivity index (χ0) is 21.9. The summed E-state index contributed by atoms with van der Waals surface area (Å²) in [6.45, 7) is 0. The Labute approximate surface area is 205 Å². The van der Waals surface area contributed by atoms with Crippen molar-refractivity contribution in [1.29, 1.82) is 0 Å². The van der Waals surface area contributed by atoms with Gasteiger partial charge in [-0.05, 0) is 0 Å². The summed E-state index contributed by atoms with van der Waals surface area (Å²) in [7, 11) is 0. The fraction of sp³-hybridized carbons (Fsp3) is 0. The third kappa shape index (κ3) is 7.93. The summed E-state index contributed by atoms with van der Waals surface area (Å²) in [6, 6.07) is 38.1. The van der Waals surface area contributed by atoms with Crippen LogP contribution in [0.2, 0.25) is 0 Å². The molecular weight excluding hydrogens is 731 g/mol. The van der Waals surface area contributed by atoms with E-state index in [0.717, 1.165) is 14.3 Å². The first-order chi connectivity index (χ1) is 15.1. The number of benzene rings is 4. The SMILES string of the molecule is FI(c1ccccc1)c1ccccc1.[O]=[Sb](=[O])[O]I(c1ccccc1)c1ccccc1. The van der Waals surface area contributed by atoms with Crippen LogP contribution in [-0.2, 0) is 7.38 Å². The third-order valence-corrected chi connectivity index (χ3v) is 16.7. The first-order valence-corrected chi connectivity index (χ1v) is 18.4. The zero-order valence-corrected chi connectivity index (χ0v) is 23.2. The van der Waals surface area contributed by atoms with Crippen molar-refractivity contribution in [3.63, 3.8) is 0 Å². The van der Waals surface area contributed by atoms with Crippen LogP contribution in [0.15, 0.2) is 121 Å². The van der Waals surface area contributed by atoms with Crippen LogP contribution in [0, 0.1) is 14.3 Å². The van der Waals surface area contributed by atoms with Gasteiger partial charge in [-0.15, -0.1) is 0 Å². The predicted molar refractivity (Wildman–Crippen MR) is 138 cm³/mol. The Morgan fingerprint density at radius 3 is 1.10 bits per heavy atom. The molecule has 4 aromatic carbocycles. The molecule has 0 heterocycles. The molecule has 31 heavy (non-hydrogen) atoms. The van der Waals surface area contributed by atoms with E-state index in [2.05, 4.69) is 0 Å². The molecule has 0 bridgehead atoms. The van der Waals surface area contributed by atoms with Gasteiger partial charge in [-0.1, -0.05) is 0 Å². The van der Waals surface area contributed by atoms with Crippen LogP contribution in [0.3, 0.4) is 0 Å². The molecule has 0 saturated heterocycles. The molecular formula is C24H20FI2O3Sb. The van der Waals surface area contributed by atoms with Crippen LogP contribution in [-0.4, -0.2) is 20.6 Å². The summed E-state index contributed by atoms with van der Waals surface area (Å²) in [5.74, 6) is 0. The predicted octanol–water partition coefficient (Wildman–Crippen LogP) is 7.13. The first kappa shape index (κ1) is 24.3. The van der Waals surface area contributed by atoms with Gasteiger partial charge in [-0.25, -0.2) is 0 Å². The van der Waals surface area contributed by atoms with E-state index in [0.29, 0.717) is 0 Å². The molecule has 0 spiro atoms. The summed E-state index contributed by atoms with van der Waals surface area (Å²) in [5.41, 5.74) is 0. The van der Waals surface area contributed by atoms with Crippen LogP contribution in [0.4, 0.5) is 2.86 Å². The van der Waals surface area contributed by atoms with Gasteiger partial charge in [0.1, 0.15) is 0 Å². The van der Waals surface area contributed by atoms with Crippen molar-refractivity contribution < 1.29 is 10.2 Å². The first-order valence-electron chi connectivity index (χ1n) is 9.24. The number of hydrogen-bond donors (Lipinski definition) is 0. The van der Waals surface area contributed by atoms with E-state index in [1.807, 2.05) is 121 Å². The Balaban J connectivity index is 0.000000179. The Morgan fingerprint density at radius 1 is 0.516 bits per heavy atom. The second kappa shape index (κ2) is 13.3. The van der Waals surface area contributed by atoms with E-state index in [1.54, 1.807) is 0 Å². The average Bonchev–Trinajstić information content (AvgIpc) is 2.84. The van der Waals surface area contributed by atoms with E-state index in [-0.39, 0.29) is 0 Å². The van der Waals surface area contributed by atoms with Crippen LogP contribution in [0.5, 0.6) is 0 Å². The number of halogens is 3. The number of rotatable bonds is 6. The molecule has 0 aliphatic carbocycles. The van der Waals surface area contributed by atoms with E-state index in [1.165, 1.54) is 0 Å². The zero-order valence-electron chi connectivity index (χ0n) is 16.4. The summed E-state index contributed by atoms with van der Waals surface area (Å²) in [5, 5.41) is 0. The van der Waals surface area contributed by atoms with Gasteiger partial charge in [0.05, 0.1) is 0 Å². The summed E-state index contributed by atoms with van der Waals surface area (Å²) < 4.78 is 44.9. The maximum atomic E-state index is 14.0. The molecule has 160 valence electrons. The van der Waals surface area contributed by atoms with Crippen molar-refractivity contribution in [3.8, 4) is 0 Å². The fourth-order valence-corrected chi connectivity index (χ4v) is 14.2. The minimum absolute atomic E-state index is 0.864. The summed E-state index contributed by atoms with van der Waals surface area (Å²) in [6.07, 6.45) is 0. The van der Waals surface area contributed by atoms with Crippen molar-refractivity contribution >= 4 is 61.2 Å². The standard InChI is InChI=1S/C12H10FI.C12H10IO.2O.Sb/c13-14(11-7-3-1-4-8-11)12-9-5-2-6-10-12;14-13(11-7-3-1-4-8-11)12-9-5-2-6-10-12;;;/h2*1-10H;;;/q;-1;;;+1. The Bertz CT molecular complexity index is 1030. The second-order valence-corrected chi connectivity index (χ2v) is 18.0. The Kier molecular flexibility index (Phi) is 10.4. The minimum atomic E-state index is -3.91. The van der Waals surface area contributed by atoms with Crippen molar-refractivity contribution in [2.75, 3.05) is 0 Å². The molecule has 3 nitrogen and oxygen atoms in total. The Morgan fingerprint density at radius 2 is 0.806 bits per heavy atom. The topological polar surface area (TPSA) is 43.4 Å². The van der Waals surface area contributed by atoms with E-state index in [9.17, 15) is 8.89 Å². The van der Waals surface area contributed by atoms with Crippen molar-refractivity contribution in [1.82, 2.24) is 0 Å². The molecule has 0 N–H and O–H groups in total. The molecule has 0 aliphatic rings. The molecule has 0 atom stereocenters. The molecule has 0 fully saturated rings. The molecule has 4 rings (SSSR count). The van der Waals surface area contributed by atoms with Gasteiger partial charge in [0.15, 0.2) is 0 Å².